The topological polar surface area (TPSA) is 38.3 Å². The first-order chi connectivity index (χ1) is 13.6. The monoisotopic (exact) mass is 373 g/mol. The highest BCUT2D eigenvalue weighted by Gasteiger charge is 2.23. The van der Waals surface area contributed by atoms with Gasteiger partial charge in [-0.15, -0.1) is 0 Å². The van der Waals surface area contributed by atoms with Gasteiger partial charge in [-0.25, -0.2) is 0 Å². The number of rotatable bonds is 7. The van der Waals surface area contributed by atoms with Crippen LogP contribution in [0.1, 0.15) is 41.6 Å². The molecule has 2 atom stereocenters. The lowest BCUT2D eigenvalue weighted by Crippen LogP contribution is -2.40. The Hall–Kier alpha value is -3.07. The van der Waals surface area contributed by atoms with Crippen LogP contribution in [0.25, 0.3) is 0 Å². The fourth-order valence-electron chi connectivity index (χ4n) is 3.17. The molecule has 28 heavy (non-hydrogen) atoms. The Morgan fingerprint density at radius 3 is 2.18 bits per heavy atom. The van der Waals surface area contributed by atoms with Gasteiger partial charge < -0.3 is 10.1 Å². The van der Waals surface area contributed by atoms with Crippen LogP contribution in [0, 0.1) is 13.8 Å². The SMILES string of the molecule is CC[C@@H](Oc1cccc(C)c1)C(=O)N[C@H](c1ccccc1)c1ccc(C)cc1. The number of ether oxygens (including phenoxy) is 1. The Labute approximate surface area is 167 Å². The van der Waals surface area contributed by atoms with Crippen LogP contribution in [0.2, 0.25) is 0 Å². The first kappa shape index (κ1) is 19.7. The molecule has 0 saturated carbocycles. The zero-order valence-corrected chi connectivity index (χ0v) is 16.7. The number of amides is 1. The summed E-state index contributed by atoms with van der Waals surface area (Å²) in [7, 11) is 0. The molecule has 0 saturated heterocycles. The van der Waals surface area contributed by atoms with Gasteiger partial charge in [-0.1, -0.05) is 79.2 Å². The molecule has 0 aromatic heterocycles. The second-order valence-corrected chi connectivity index (χ2v) is 7.09. The molecule has 0 spiro atoms. The molecule has 0 unspecified atom stereocenters. The van der Waals surface area contributed by atoms with Crippen LogP contribution in [0.4, 0.5) is 0 Å². The molecule has 0 heterocycles. The summed E-state index contributed by atoms with van der Waals surface area (Å²) in [6.45, 7) is 6.03. The van der Waals surface area contributed by atoms with Gasteiger partial charge in [0.05, 0.1) is 6.04 Å². The number of carbonyl (C=O) groups excluding carboxylic acids is 1. The standard InChI is InChI=1S/C25H27NO2/c1-4-23(28-22-12-8-9-19(3)17-22)25(27)26-24(20-10-6-5-7-11-20)21-15-13-18(2)14-16-21/h5-17,23-24H,4H2,1-3H3,(H,26,27)/t23-,24-/m1/s1. The van der Waals surface area contributed by atoms with Crippen LogP contribution in [-0.2, 0) is 4.79 Å². The summed E-state index contributed by atoms with van der Waals surface area (Å²) in [4.78, 5) is 13.1. The molecule has 1 N–H and O–H groups in total. The highest BCUT2D eigenvalue weighted by atomic mass is 16.5. The van der Waals surface area contributed by atoms with E-state index in [9.17, 15) is 4.79 Å². The van der Waals surface area contributed by atoms with Crippen molar-refractivity contribution in [1.82, 2.24) is 5.32 Å². The van der Waals surface area contributed by atoms with Crippen LogP contribution in [0.15, 0.2) is 78.9 Å². The summed E-state index contributed by atoms with van der Waals surface area (Å²) in [5.74, 6) is 0.604. The van der Waals surface area contributed by atoms with Crippen molar-refractivity contribution in [3.05, 3.63) is 101 Å². The summed E-state index contributed by atoms with van der Waals surface area (Å²) in [5.41, 5.74) is 4.39. The first-order valence-corrected chi connectivity index (χ1v) is 9.72. The van der Waals surface area contributed by atoms with Crippen molar-refractivity contribution in [2.75, 3.05) is 0 Å². The van der Waals surface area contributed by atoms with Gasteiger partial charge in [0.1, 0.15) is 5.75 Å². The average molecular weight is 373 g/mol. The van der Waals surface area contributed by atoms with E-state index in [1.54, 1.807) is 0 Å². The molecule has 0 aliphatic heterocycles. The van der Waals surface area contributed by atoms with E-state index >= 15 is 0 Å². The molecule has 3 aromatic carbocycles. The van der Waals surface area contributed by atoms with E-state index in [1.165, 1.54) is 5.56 Å². The Morgan fingerprint density at radius 1 is 0.857 bits per heavy atom. The minimum atomic E-state index is -0.543. The van der Waals surface area contributed by atoms with Crippen LogP contribution >= 0.6 is 0 Å². The Balaban J connectivity index is 1.82. The largest absolute Gasteiger partial charge is 0.481 e. The highest BCUT2D eigenvalue weighted by Crippen LogP contribution is 2.23. The van der Waals surface area contributed by atoms with Gasteiger partial charge in [0.15, 0.2) is 6.10 Å². The van der Waals surface area contributed by atoms with Gasteiger partial charge in [0, 0.05) is 0 Å². The smallest absolute Gasteiger partial charge is 0.261 e. The van der Waals surface area contributed by atoms with Gasteiger partial charge in [-0.2, -0.15) is 0 Å². The zero-order valence-electron chi connectivity index (χ0n) is 16.7. The molecule has 0 aliphatic rings. The third-order valence-electron chi connectivity index (χ3n) is 4.76. The summed E-state index contributed by atoms with van der Waals surface area (Å²) in [6.07, 6.45) is 0.0494. The van der Waals surface area contributed by atoms with Crippen molar-refractivity contribution in [1.29, 1.82) is 0 Å². The predicted octanol–water partition coefficient (Wildman–Crippen LogP) is 5.37. The Bertz CT molecular complexity index is 903. The maximum absolute atomic E-state index is 13.1. The van der Waals surface area contributed by atoms with E-state index < -0.39 is 6.10 Å². The maximum atomic E-state index is 13.1. The first-order valence-electron chi connectivity index (χ1n) is 9.72. The quantitative estimate of drug-likeness (QED) is 0.605. The predicted molar refractivity (Wildman–Crippen MR) is 113 cm³/mol. The lowest BCUT2D eigenvalue weighted by Gasteiger charge is -2.24. The lowest BCUT2D eigenvalue weighted by atomic mass is 9.97. The number of nitrogens with one attached hydrogen (secondary N) is 1. The van der Waals surface area contributed by atoms with Crippen molar-refractivity contribution in [2.24, 2.45) is 0 Å². The third kappa shape index (κ3) is 5.01. The minimum Gasteiger partial charge on any atom is -0.481 e. The summed E-state index contributed by atoms with van der Waals surface area (Å²) < 4.78 is 5.99. The van der Waals surface area contributed by atoms with Crippen molar-refractivity contribution < 1.29 is 9.53 Å². The Kier molecular flexibility index (Phi) is 6.49. The molecule has 0 radical (unpaired) electrons. The van der Waals surface area contributed by atoms with Crippen LogP contribution in [0.3, 0.4) is 0 Å². The molecular formula is C25H27NO2. The maximum Gasteiger partial charge on any atom is 0.261 e. The van der Waals surface area contributed by atoms with Crippen molar-refractivity contribution in [3.63, 3.8) is 0 Å². The van der Waals surface area contributed by atoms with Gasteiger partial charge in [-0.05, 0) is 49.1 Å². The number of benzene rings is 3. The number of hydrogen-bond donors (Lipinski definition) is 1. The van der Waals surface area contributed by atoms with E-state index in [1.807, 2.05) is 68.4 Å². The number of carbonyl (C=O) groups is 1. The normalized spacial score (nSPS) is 12.8. The van der Waals surface area contributed by atoms with Gasteiger partial charge >= 0.3 is 0 Å². The summed E-state index contributed by atoms with van der Waals surface area (Å²) >= 11 is 0. The van der Waals surface area contributed by atoms with Gasteiger partial charge in [-0.3, -0.25) is 4.79 Å². The van der Waals surface area contributed by atoms with E-state index in [-0.39, 0.29) is 11.9 Å². The minimum absolute atomic E-state index is 0.113. The molecule has 0 fully saturated rings. The Morgan fingerprint density at radius 2 is 1.54 bits per heavy atom. The molecule has 3 nitrogen and oxygen atoms in total. The van der Waals surface area contributed by atoms with Crippen LogP contribution in [-0.4, -0.2) is 12.0 Å². The van der Waals surface area contributed by atoms with E-state index in [4.69, 9.17) is 4.74 Å². The fraction of sp³-hybridized carbons (Fsp3) is 0.240. The molecule has 144 valence electrons. The number of hydrogen-bond acceptors (Lipinski definition) is 2. The lowest BCUT2D eigenvalue weighted by molar-refractivity contribution is -0.128. The molecule has 1 amide bonds. The van der Waals surface area contributed by atoms with Crippen molar-refractivity contribution in [2.45, 2.75) is 39.3 Å². The van der Waals surface area contributed by atoms with E-state index in [0.717, 1.165) is 16.7 Å². The van der Waals surface area contributed by atoms with Gasteiger partial charge in [0.2, 0.25) is 0 Å². The van der Waals surface area contributed by atoms with E-state index in [2.05, 4.69) is 36.5 Å². The molecule has 3 heteroatoms. The second-order valence-electron chi connectivity index (χ2n) is 7.09. The third-order valence-corrected chi connectivity index (χ3v) is 4.76. The van der Waals surface area contributed by atoms with E-state index in [0.29, 0.717) is 12.2 Å². The van der Waals surface area contributed by atoms with Gasteiger partial charge in [0.25, 0.3) is 5.91 Å². The molecule has 0 aliphatic carbocycles. The fourth-order valence-corrected chi connectivity index (χ4v) is 3.17. The van der Waals surface area contributed by atoms with Crippen molar-refractivity contribution in [3.8, 4) is 5.75 Å². The molecule has 3 rings (SSSR count). The zero-order chi connectivity index (χ0) is 19.9. The summed E-state index contributed by atoms with van der Waals surface area (Å²) in [6, 6.07) is 25.9. The second kappa shape index (κ2) is 9.23. The van der Waals surface area contributed by atoms with Crippen molar-refractivity contribution >= 4 is 5.91 Å². The van der Waals surface area contributed by atoms with Crippen LogP contribution < -0.4 is 10.1 Å². The number of aryl methyl sites for hydroxylation is 2. The van der Waals surface area contributed by atoms with Crippen LogP contribution in [0.5, 0.6) is 5.75 Å². The summed E-state index contributed by atoms with van der Waals surface area (Å²) in [5, 5.41) is 3.19. The molecular weight excluding hydrogens is 346 g/mol. The molecule has 3 aromatic rings. The average Bonchev–Trinajstić information content (AvgIpc) is 2.71. The highest BCUT2D eigenvalue weighted by molar-refractivity contribution is 5.82. The molecule has 0 bridgehead atoms.